The number of fused-ring (bicyclic) bond motifs is 1. The Kier molecular flexibility index (Phi) is 9.09. The van der Waals surface area contributed by atoms with Crippen molar-refractivity contribution in [2.24, 2.45) is 11.7 Å². The standard InChI is InChI=1S/C29H39N5O4S/c1-5-20(2)17-27(30)32-29(35)21-7-12-25-24(18-21)28(34-14-6-13-33(3)15-16-34)26(19-31-25)39(36,37)23-10-8-22(38-4)9-11-23/h7-12,18-20,27H,5-6,13-17,30H2,1-4H3,(H,32,35). The second kappa shape index (κ2) is 12.3. The molecule has 9 nitrogen and oxygen atoms in total. The molecule has 2 heterocycles. The summed E-state index contributed by atoms with van der Waals surface area (Å²) in [4.78, 5) is 22.3. The molecule has 0 spiro atoms. The van der Waals surface area contributed by atoms with Gasteiger partial charge in [-0.3, -0.25) is 9.78 Å². The van der Waals surface area contributed by atoms with Gasteiger partial charge in [-0.1, -0.05) is 20.3 Å². The highest BCUT2D eigenvalue weighted by Crippen LogP contribution is 2.37. The van der Waals surface area contributed by atoms with E-state index in [-0.39, 0.29) is 15.7 Å². The quantitative estimate of drug-likeness (QED) is 0.386. The van der Waals surface area contributed by atoms with Crippen LogP contribution in [-0.2, 0) is 9.84 Å². The molecule has 0 bridgehead atoms. The van der Waals surface area contributed by atoms with Crippen LogP contribution in [0.25, 0.3) is 10.9 Å². The van der Waals surface area contributed by atoms with Gasteiger partial charge in [0.05, 0.1) is 29.4 Å². The molecule has 1 aliphatic rings. The van der Waals surface area contributed by atoms with Gasteiger partial charge in [-0.25, -0.2) is 8.42 Å². The van der Waals surface area contributed by atoms with E-state index in [1.54, 1.807) is 42.5 Å². The summed E-state index contributed by atoms with van der Waals surface area (Å²) in [5.74, 6) is 0.667. The van der Waals surface area contributed by atoms with E-state index in [0.717, 1.165) is 25.9 Å². The van der Waals surface area contributed by atoms with Crippen LogP contribution < -0.4 is 20.7 Å². The van der Waals surface area contributed by atoms with Crippen LogP contribution in [-0.4, -0.2) is 70.7 Å². The minimum Gasteiger partial charge on any atom is -0.497 e. The SMILES string of the molecule is CCC(C)CC(N)NC(=O)c1ccc2ncc(S(=O)(=O)c3ccc(OC)cc3)c(N3CCCN(C)CC3)c2c1. The summed E-state index contributed by atoms with van der Waals surface area (Å²) >= 11 is 0. The predicted molar refractivity (Wildman–Crippen MR) is 154 cm³/mol. The molecule has 2 unspecified atom stereocenters. The molecule has 0 radical (unpaired) electrons. The normalized spacial score (nSPS) is 16.5. The Morgan fingerprint density at radius 3 is 2.56 bits per heavy atom. The summed E-state index contributed by atoms with van der Waals surface area (Å²) in [6.07, 6.45) is 3.50. The highest BCUT2D eigenvalue weighted by molar-refractivity contribution is 7.91. The number of aromatic nitrogens is 1. The van der Waals surface area contributed by atoms with Crippen LogP contribution in [0.1, 0.15) is 43.5 Å². The van der Waals surface area contributed by atoms with Crippen molar-refractivity contribution in [3.8, 4) is 5.75 Å². The van der Waals surface area contributed by atoms with Gasteiger partial charge in [0, 0.05) is 36.8 Å². The molecule has 10 heteroatoms. The van der Waals surface area contributed by atoms with Crippen molar-refractivity contribution in [2.75, 3.05) is 45.2 Å². The molecule has 2 atom stereocenters. The maximum Gasteiger partial charge on any atom is 0.252 e. The number of nitrogens with zero attached hydrogens (tertiary/aromatic N) is 3. The lowest BCUT2D eigenvalue weighted by Crippen LogP contribution is -2.42. The number of nitrogens with one attached hydrogen (secondary N) is 1. The summed E-state index contributed by atoms with van der Waals surface area (Å²) in [7, 11) is -0.322. The van der Waals surface area contributed by atoms with Gasteiger partial charge in [-0.2, -0.15) is 0 Å². The van der Waals surface area contributed by atoms with Crippen molar-refractivity contribution in [1.82, 2.24) is 15.2 Å². The first-order chi connectivity index (χ1) is 18.6. The minimum atomic E-state index is -3.92. The molecular formula is C29H39N5O4S. The molecule has 210 valence electrons. The molecule has 1 amide bonds. The van der Waals surface area contributed by atoms with Crippen molar-refractivity contribution >= 4 is 32.3 Å². The fourth-order valence-electron chi connectivity index (χ4n) is 4.89. The first kappa shape index (κ1) is 28.8. The number of pyridine rings is 1. The first-order valence-electron chi connectivity index (χ1n) is 13.5. The number of carbonyl (C=O) groups excluding carboxylic acids is 1. The van der Waals surface area contributed by atoms with Gasteiger partial charge in [-0.05, 0) is 74.8 Å². The largest absolute Gasteiger partial charge is 0.497 e. The summed E-state index contributed by atoms with van der Waals surface area (Å²) in [5.41, 5.74) is 7.81. The van der Waals surface area contributed by atoms with Gasteiger partial charge in [0.1, 0.15) is 10.6 Å². The maximum absolute atomic E-state index is 14.0. The fourth-order valence-corrected chi connectivity index (χ4v) is 6.32. The minimum absolute atomic E-state index is 0.121. The number of ether oxygens (including phenoxy) is 1. The lowest BCUT2D eigenvalue weighted by atomic mass is 10.0. The third-order valence-corrected chi connectivity index (χ3v) is 9.20. The molecular weight excluding hydrogens is 514 g/mol. The van der Waals surface area contributed by atoms with Crippen molar-refractivity contribution in [2.45, 2.75) is 49.1 Å². The van der Waals surface area contributed by atoms with Gasteiger partial charge >= 0.3 is 0 Å². The zero-order valence-corrected chi connectivity index (χ0v) is 24.0. The summed E-state index contributed by atoms with van der Waals surface area (Å²) < 4.78 is 33.2. The van der Waals surface area contributed by atoms with E-state index in [0.29, 0.717) is 53.3 Å². The second-order valence-corrected chi connectivity index (χ2v) is 12.3. The molecule has 39 heavy (non-hydrogen) atoms. The second-order valence-electron chi connectivity index (χ2n) is 10.4. The number of rotatable bonds is 9. The topological polar surface area (TPSA) is 118 Å². The summed E-state index contributed by atoms with van der Waals surface area (Å²) in [6, 6.07) is 11.6. The van der Waals surface area contributed by atoms with Crippen LogP contribution in [0.3, 0.4) is 0 Å². The van der Waals surface area contributed by atoms with E-state index >= 15 is 0 Å². The Bertz CT molecular complexity index is 1410. The molecule has 1 saturated heterocycles. The molecule has 0 aliphatic carbocycles. The Morgan fingerprint density at radius 1 is 1.13 bits per heavy atom. The van der Waals surface area contributed by atoms with Crippen molar-refractivity contribution in [1.29, 1.82) is 0 Å². The van der Waals surface area contributed by atoms with E-state index < -0.39 is 16.0 Å². The first-order valence-corrected chi connectivity index (χ1v) is 14.9. The van der Waals surface area contributed by atoms with Crippen molar-refractivity contribution in [3.05, 3.63) is 54.2 Å². The Hall–Kier alpha value is -3.21. The van der Waals surface area contributed by atoms with Gasteiger partial charge in [0.15, 0.2) is 0 Å². The van der Waals surface area contributed by atoms with Gasteiger partial charge in [-0.15, -0.1) is 0 Å². The lowest BCUT2D eigenvalue weighted by molar-refractivity contribution is 0.0933. The number of hydrogen-bond acceptors (Lipinski definition) is 8. The zero-order chi connectivity index (χ0) is 28.2. The number of carbonyl (C=O) groups is 1. The zero-order valence-electron chi connectivity index (χ0n) is 23.2. The highest BCUT2D eigenvalue weighted by atomic mass is 32.2. The predicted octanol–water partition coefficient (Wildman–Crippen LogP) is 3.67. The Balaban J connectivity index is 1.82. The van der Waals surface area contributed by atoms with Crippen LogP contribution in [0.5, 0.6) is 5.75 Å². The number of amides is 1. The van der Waals surface area contributed by atoms with E-state index in [1.165, 1.54) is 13.3 Å². The van der Waals surface area contributed by atoms with Crippen LogP contribution in [0.4, 0.5) is 5.69 Å². The van der Waals surface area contributed by atoms with E-state index in [1.807, 2.05) is 0 Å². The molecule has 4 rings (SSSR count). The summed E-state index contributed by atoms with van der Waals surface area (Å²) in [5, 5.41) is 3.51. The molecule has 0 saturated carbocycles. The number of hydrogen-bond donors (Lipinski definition) is 2. The maximum atomic E-state index is 14.0. The number of nitrogens with two attached hydrogens (primary N) is 1. The molecule has 1 aliphatic heterocycles. The van der Waals surface area contributed by atoms with Gasteiger partial charge in [0.25, 0.3) is 5.91 Å². The highest BCUT2D eigenvalue weighted by Gasteiger charge is 2.28. The fraction of sp³-hybridized carbons (Fsp3) is 0.448. The van der Waals surface area contributed by atoms with Gasteiger partial charge < -0.3 is 25.6 Å². The number of methoxy groups -OCH3 is 1. The van der Waals surface area contributed by atoms with Gasteiger partial charge in [0.2, 0.25) is 9.84 Å². The monoisotopic (exact) mass is 553 g/mol. The number of likely N-dealkylation sites (N-methyl/N-ethyl adjacent to an activating group) is 1. The molecule has 1 aromatic heterocycles. The third kappa shape index (κ3) is 6.51. The number of sulfone groups is 1. The Labute approximate surface area is 231 Å². The average Bonchev–Trinajstić information content (AvgIpc) is 3.15. The molecule has 1 fully saturated rings. The van der Waals surface area contributed by atoms with E-state index in [4.69, 9.17) is 10.5 Å². The molecule has 3 N–H and O–H groups in total. The van der Waals surface area contributed by atoms with Crippen LogP contribution in [0, 0.1) is 5.92 Å². The van der Waals surface area contributed by atoms with Crippen LogP contribution >= 0.6 is 0 Å². The number of benzene rings is 2. The van der Waals surface area contributed by atoms with E-state index in [2.05, 4.69) is 41.0 Å². The summed E-state index contributed by atoms with van der Waals surface area (Å²) in [6.45, 7) is 7.23. The number of anilines is 1. The Morgan fingerprint density at radius 2 is 1.87 bits per heavy atom. The lowest BCUT2D eigenvalue weighted by Gasteiger charge is -2.27. The molecule has 2 aromatic carbocycles. The third-order valence-electron chi connectivity index (χ3n) is 7.43. The van der Waals surface area contributed by atoms with Crippen LogP contribution in [0.15, 0.2) is 58.5 Å². The van der Waals surface area contributed by atoms with Crippen LogP contribution in [0.2, 0.25) is 0 Å². The van der Waals surface area contributed by atoms with Crippen molar-refractivity contribution in [3.63, 3.8) is 0 Å². The smallest absolute Gasteiger partial charge is 0.252 e. The molecule has 3 aromatic rings. The van der Waals surface area contributed by atoms with E-state index in [9.17, 15) is 13.2 Å². The van der Waals surface area contributed by atoms with Crippen molar-refractivity contribution < 1.29 is 17.9 Å². The average molecular weight is 554 g/mol.